The molecule has 0 spiro atoms. The molecule has 8 atom stereocenters. The fourth-order valence-corrected chi connectivity index (χ4v) is 9.17. The maximum atomic E-state index is 12.1. The van der Waals surface area contributed by atoms with Crippen LogP contribution in [-0.4, -0.2) is 65.3 Å². The molecule has 8 nitrogen and oxygen atoms in total. The van der Waals surface area contributed by atoms with Crippen LogP contribution in [0.15, 0.2) is 10.3 Å². The van der Waals surface area contributed by atoms with Crippen LogP contribution in [0.5, 0.6) is 0 Å². The molecule has 0 saturated carbocycles. The molecule has 0 saturated heterocycles. The van der Waals surface area contributed by atoms with E-state index in [1.807, 2.05) is 20.8 Å². The van der Waals surface area contributed by atoms with Gasteiger partial charge in [0, 0.05) is 24.7 Å². The zero-order valence-corrected chi connectivity index (χ0v) is 24.4. The molecule has 0 radical (unpaired) electrons. The van der Waals surface area contributed by atoms with Gasteiger partial charge < -0.3 is 24.3 Å². The van der Waals surface area contributed by atoms with Crippen LogP contribution in [0.3, 0.4) is 0 Å². The first-order chi connectivity index (χ1) is 16.2. The van der Waals surface area contributed by atoms with E-state index < -0.39 is 31.7 Å². The normalized spacial score (nSPS) is 29.8. The van der Waals surface area contributed by atoms with Crippen LogP contribution in [0.1, 0.15) is 82.1 Å². The standard InChI is InChI=1S/C26H48N2O6Si/c1-11-20(30)26(10,31)24-17(6)21(27-33-24)16(5)15-25(9,34-35(12-2,13-3)14-4)23-18(7)22(19(8)29)28-32-23/h16-18,20,23-24,30-31H,11-15H2,1-10H3/t16-,17+,18+,20-,23-,24-,25-,26-/m1/s1. The van der Waals surface area contributed by atoms with Gasteiger partial charge in [-0.3, -0.25) is 4.79 Å². The molecule has 9 heteroatoms. The fourth-order valence-electron chi connectivity index (χ4n) is 6.05. The Kier molecular flexibility index (Phi) is 9.75. The molecular weight excluding hydrogens is 464 g/mol. The summed E-state index contributed by atoms with van der Waals surface area (Å²) in [6.45, 7) is 19.7. The van der Waals surface area contributed by atoms with E-state index in [4.69, 9.17) is 14.1 Å². The van der Waals surface area contributed by atoms with Crippen molar-refractivity contribution in [3.05, 3.63) is 0 Å². The molecule has 0 bridgehead atoms. The van der Waals surface area contributed by atoms with Gasteiger partial charge in [-0.25, -0.2) is 0 Å². The Bertz CT molecular complexity index is 803. The predicted octanol–water partition coefficient (Wildman–Crippen LogP) is 4.69. The van der Waals surface area contributed by atoms with Crippen molar-refractivity contribution in [1.29, 1.82) is 0 Å². The Morgan fingerprint density at radius 3 is 2.06 bits per heavy atom. The maximum absolute atomic E-state index is 12.1. The lowest BCUT2D eigenvalue weighted by Crippen LogP contribution is -2.56. The van der Waals surface area contributed by atoms with Crippen LogP contribution >= 0.6 is 0 Å². The summed E-state index contributed by atoms with van der Waals surface area (Å²) in [6, 6.07) is 2.98. The predicted molar refractivity (Wildman–Crippen MR) is 141 cm³/mol. The molecule has 2 aliphatic rings. The third-order valence-electron chi connectivity index (χ3n) is 8.54. The molecule has 0 aromatic heterocycles. The topological polar surface area (TPSA) is 110 Å². The van der Waals surface area contributed by atoms with E-state index in [1.165, 1.54) is 6.92 Å². The van der Waals surface area contributed by atoms with Crippen molar-refractivity contribution >= 4 is 25.5 Å². The number of ketones is 1. The third-order valence-corrected chi connectivity index (χ3v) is 13.3. The van der Waals surface area contributed by atoms with E-state index in [0.29, 0.717) is 18.6 Å². The summed E-state index contributed by atoms with van der Waals surface area (Å²) in [7, 11) is -2.05. The number of hydrogen-bond donors (Lipinski definition) is 2. The monoisotopic (exact) mass is 512 g/mol. The highest BCUT2D eigenvalue weighted by Gasteiger charge is 2.53. The summed E-state index contributed by atoms with van der Waals surface area (Å²) >= 11 is 0. The molecule has 0 aromatic rings. The van der Waals surface area contributed by atoms with Crippen molar-refractivity contribution in [1.82, 2.24) is 0 Å². The number of hydrogen-bond acceptors (Lipinski definition) is 8. The Balaban J connectivity index is 2.34. The van der Waals surface area contributed by atoms with Gasteiger partial charge in [-0.2, -0.15) is 0 Å². The van der Waals surface area contributed by atoms with Gasteiger partial charge in [0.2, 0.25) is 0 Å². The van der Waals surface area contributed by atoms with E-state index in [9.17, 15) is 15.0 Å². The molecule has 0 fully saturated rings. The number of nitrogens with zero attached hydrogens (tertiary/aromatic N) is 2. The van der Waals surface area contributed by atoms with Crippen LogP contribution in [0.2, 0.25) is 18.1 Å². The number of Topliss-reactive ketones (excluding diaryl/α,β-unsaturated/α-hetero) is 1. The number of aliphatic hydroxyl groups excluding tert-OH is 1. The van der Waals surface area contributed by atoms with Gasteiger partial charge in [0.25, 0.3) is 0 Å². The van der Waals surface area contributed by atoms with Crippen LogP contribution in [0.25, 0.3) is 0 Å². The van der Waals surface area contributed by atoms with Crippen molar-refractivity contribution in [2.24, 2.45) is 28.1 Å². The summed E-state index contributed by atoms with van der Waals surface area (Å²) < 4.78 is 7.11. The Hall–Kier alpha value is -1.29. The zero-order chi connectivity index (χ0) is 26.8. The number of rotatable bonds is 13. The van der Waals surface area contributed by atoms with Gasteiger partial charge in [0.1, 0.15) is 11.3 Å². The van der Waals surface area contributed by atoms with Crippen LogP contribution in [0.4, 0.5) is 0 Å². The van der Waals surface area contributed by atoms with Crippen molar-refractivity contribution in [2.45, 2.75) is 130 Å². The van der Waals surface area contributed by atoms with E-state index in [0.717, 1.165) is 23.8 Å². The molecule has 35 heavy (non-hydrogen) atoms. The first-order valence-electron chi connectivity index (χ1n) is 13.3. The highest BCUT2D eigenvalue weighted by Crippen LogP contribution is 2.42. The van der Waals surface area contributed by atoms with Crippen LogP contribution < -0.4 is 0 Å². The molecule has 0 amide bonds. The van der Waals surface area contributed by atoms with Gasteiger partial charge in [0.05, 0.1) is 17.4 Å². The molecule has 2 N–H and O–H groups in total. The lowest BCUT2D eigenvalue weighted by molar-refractivity contribution is -0.156. The minimum atomic E-state index is -2.05. The van der Waals surface area contributed by atoms with Crippen molar-refractivity contribution < 1.29 is 29.1 Å². The summed E-state index contributed by atoms with van der Waals surface area (Å²) in [5, 5.41) is 29.9. The van der Waals surface area contributed by atoms with Gasteiger partial charge in [-0.1, -0.05) is 58.8 Å². The number of carbonyl (C=O) groups is 1. The third kappa shape index (κ3) is 5.83. The number of carbonyl (C=O) groups excluding carboxylic acids is 1. The van der Waals surface area contributed by atoms with E-state index >= 15 is 0 Å². The van der Waals surface area contributed by atoms with Crippen LogP contribution in [0, 0.1) is 17.8 Å². The van der Waals surface area contributed by atoms with Gasteiger partial charge >= 0.3 is 0 Å². The average Bonchev–Trinajstić information content (AvgIpc) is 3.40. The van der Waals surface area contributed by atoms with E-state index in [2.05, 4.69) is 44.9 Å². The van der Waals surface area contributed by atoms with Crippen molar-refractivity contribution in [2.75, 3.05) is 0 Å². The maximum Gasteiger partial charge on any atom is 0.193 e. The molecule has 2 aliphatic heterocycles. The summed E-state index contributed by atoms with van der Waals surface area (Å²) in [5.41, 5.74) is -0.821. The zero-order valence-electron chi connectivity index (χ0n) is 23.4. The molecule has 0 aliphatic carbocycles. The molecular formula is C26H48N2O6Si. The summed E-state index contributed by atoms with van der Waals surface area (Å²) in [6.07, 6.45) is -0.904. The molecule has 2 rings (SSSR count). The Morgan fingerprint density at radius 1 is 1.06 bits per heavy atom. The summed E-state index contributed by atoms with van der Waals surface area (Å²) in [5.74, 6) is -0.484. The first-order valence-corrected chi connectivity index (χ1v) is 15.8. The number of aliphatic hydroxyl groups is 2. The lowest BCUT2D eigenvalue weighted by atomic mass is 9.75. The Morgan fingerprint density at radius 2 is 1.60 bits per heavy atom. The quantitative estimate of drug-likeness (QED) is 0.347. The summed E-state index contributed by atoms with van der Waals surface area (Å²) in [4.78, 5) is 23.8. The van der Waals surface area contributed by atoms with Crippen molar-refractivity contribution in [3.63, 3.8) is 0 Å². The van der Waals surface area contributed by atoms with Crippen LogP contribution in [-0.2, 0) is 18.9 Å². The Labute approximate surface area is 212 Å². The molecule has 0 unspecified atom stereocenters. The van der Waals surface area contributed by atoms with E-state index in [1.54, 1.807) is 6.92 Å². The first kappa shape index (κ1) is 29.9. The molecule has 0 aromatic carbocycles. The fraction of sp³-hybridized carbons (Fsp3) is 0.885. The molecule has 202 valence electrons. The lowest BCUT2D eigenvalue weighted by Gasteiger charge is -2.45. The number of oxime groups is 2. The minimum Gasteiger partial charge on any atom is -0.408 e. The van der Waals surface area contributed by atoms with Crippen molar-refractivity contribution in [3.8, 4) is 0 Å². The van der Waals surface area contributed by atoms with Gasteiger partial charge in [-0.05, 0) is 44.8 Å². The highest BCUT2D eigenvalue weighted by molar-refractivity contribution is 6.73. The van der Waals surface area contributed by atoms with E-state index in [-0.39, 0.29) is 29.6 Å². The second kappa shape index (κ2) is 11.4. The smallest absolute Gasteiger partial charge is 0.193 e. The van der Waals surface area contributed by atoms with Gasteiger partial charge in [-0.15, -0.1) is 0 Å². The molecule has 2 heterocycles. The second-order valence-corrected chi connectivity index (χ2v) is 15.8. The minimum absolute atomic E-state index is 0.0379. The average molecular weight is 513 g/mol. The SMILES string of the molecule is CC[C@@H](O)[C@@](C)(O)[C@@H]1ON=C([C@H](C)C[C@@](C)(O[Si](CC)(CC)CC)[C@@H]2ON=C(C(C)=O)[C@@H]2C)[C@@H]1C. The second-order valence-electron chi connectivity index (χ2n) is 11.1. The van der Waals surface area contributed by atoms with Gasteiger partial charge in [0.15, 0.2) is 26.3 Å². The largest absolute Gasteiger partial charge is 0.408 e. The highest BCUT2D eigenvalue weighted by atomic mass is 28.4.